The molecule has 0 spiro atoms. The van der Waals surface area contributed by atoms with E-state index in [1.165, 1.54) is 22.2 Å². The quantitative estimate of drug-likeness (QED) is 0.432. The van der Waals surface area contributed by atoms with Gasteiger partial charge in [0, 0.05) is 35.1 Å². The minimum atomic E-state index is -0.0571. The lowest BCUT2D eigenvalue weighted by Gasteiger charge is -2.31. The van der Waals surface area contributed by atoms with Gasteiger partial charge in [-0.3, -0.25) is 4.79 Å². The molecule has 3 aromatic rings. The lowest BCUT2D eigenvalue weighted by molar-refractivity contribution is 0.0867. The molecule has 1 heterocycles. The van der Waals surface area contributed by atoms with Gasteiger partial charge in [-0.25, -0.2) is 0 Å². The molecule has 0 saturated heterocycles. The van der Waals surface area contributed by atoms with Crippen LogP contribution in [0.3, 0.4) is 0 Å². The van der Waals surface area contributed by atoms with Crippen LogP contribution in [-0.4, -0.2) is 31.7 Å². The van der Waals surface area contributed by atoms with Crippen molar-refractivity contribution in [2.45, 2.75) is 44.9 Å². The van der Waals surface area contributed by atoms with Crippen molar-refractivity contribution >= 4 is 16.7 Å². The summed E-state index contributed by atoms with van der Waals surface area (Å²) in [4.78, 5) is 13.7. The van der Waals surface area contributed by atoms with Crippen molar-refractivity contribution in [2.75, 3.05) is 21.3 Å². The second kappa shape index (κ2) is 9.27. The number of hydrogen-bond donors (Lipinski definition) is 0. The Labute approximate surface area is 190 Å². The summed E-state index contributed by atoms with van der Waals surface area (Å²) in [7, 11) is 6.85. The topological polar surface area (TPSA) is 49.7 Å². The SMILES string of the molecule is CCc1cc2cc(C3CCCCC3C(=O)c3cc(OC)c(OC)c(OC)c3)ccc2n1C. The summed E-state index contributed by atoms with van der Waals surface area (Å²) in [5, 5.41) is 1.26. The molecule has 4 rings (SSSR count). The molecule has 0 radical (unpaired) electrons. The Morgan fingerprint density at radius 2 is 1.66 bits per heavy atom. The van der Waals surface area contributed by atoms with Gasteiger partial charge < -0.3 is 18.8 Å². The number of ether oxygens (including phenoxy) is 3. The fourth-order valence-electron chi connectivity index (χ4n) is 5.28. The van der Waals surface area contributed by atoms with Gasteiger partial charge in [-0.1, -0.05) is 25.8 Å². The highest BCUT2D eigenvalue weighted by atomic mass is 16.5. The van der Waals surface area contributed by atoms with Gasteiger partial charge in [0.25, 0.3) is 0 Å². The largest absolute Gasteiger partial charge is 0.493 e. The maximum Gasteiger partial charge on any atom is 0.203 e. The molecule has 32 heavy (non-hydrogen) atoms. The van der Waals surface area contributed by atoms with Gasteiger partial charge in [-0.2, -0.15) is 0 Å². The summed E-state index contributed by atoms with van der Waals surface area (Å²) in [6, 6.07) is 12.6. The number of aromatic nitrogens is 1. The van der Waals surface area contributed by atoms with Gasteiger partial charge >= 0.3 is 0 Å². The van der Waals surface area contributed by atoms with Crippen LogP contribution < -0.4 is 14.2 Å². The zero-order chi connectivity index (χ0) is 22.8. The monoisotopic (exact) mass is 435 g/mol. The second-order valence-electron chi connectivity index (χ2n) is 8.64. The smallest absolute Gasteiger partial charge is 0.203 e. The van der Waals surface area contributed by atoms with E-state index in [0.717, 1.165) is 32.1 Å². The molecule has 2 aromatic carbocycles. The maximum absolute atomic E-state index is 13.7. The zero-order valence-corrected chi connectivity index (χ0v) is 19.7. The van der Waals surface area contributed by atoms with E-state index < -0.39 is 0 Å². The normalized spacial score (nSPS) is 18.5. The number of rotatable bonds is 7. The standard InChI is InChI=1S/C27H33NO4/c1-6-20-14-18-13-17(11-12-23(18)28(20)2)21-9-7-8-10-22(21)26(29)19-15-24(30-3)27(32-5)25(16-19)31-4/h11-16,21-22H,6-10H2,1-5H3. The number of benzene rings is 2. The molecule has 1 aliphatic carbocycles. The molecule has 0 aliphatic heterocycles. The van der Waals surface area contributed by atoms with Crippen LogP contribution in [0.25, 0.3) is 10.9 Å². The fourth-order valence-corrected chi connectivity index (χ4v) is 5.28. The number of ketones is 1. The van der Waals surface area contributed by atoms with Crippen LogP contribution in [0, 0.1) is 5.92 Å². The van der Waals surface area contributed by atoms with Gasteiger partial charge in [0.2, 0.25) is 5.75 Å². The molecule has 1 aromatic heterocycles. The Kier molecular flexibility index (Phi) is 6.45. The highest BCUT2D eigenvalue weighted by molar-refractivity contribution is 5.99. The number of carbonyl (C=O) groups is 1. The summed E-state index contributed by atoms with van der Waals surface area (Å²) >= 11 is 0. The van der Waals surface area contributed by atoms with Gasteiger partial charge in [0.05, 0.1) is 21.3 Å². The van der Waals surface area contributed by atoms with Crippen LogP contribution >= 0.6 is 0 Å². The van der Waals surface area contributed by atoms with Gasteiger partial charge in [0.1, 0.15) is 0 Å². The van der Waals surface area contributed by atoms with E-state index in [1.54, 1.807) is 33.5 Å². The van der Waals surface area contributed by atoms with Crippen LogP contribution in [0.5, 0.6) is 17.2 Å². The van der Waals surface area contributed by atoms with Crippen LogP contribution in [-0.2, 0) is 13.5 Å². The Hall–Kier alpha value is -2.95. The Morgan fingerprint density at radius 3 is 2.28 bits per heavy atom. The third kappa shape index (κ3) is 3.85. The van der Waals surface area contributed by atoms with Crippen molar-refractivity contribution < 1.29 is 19.0 Å². The van der Waals surface area contributed by atoms with Crippen LogP contribution in [0.4, 0.5) is 0 Å². The third-order valence-corrected chi connectivity index (χ3v) is 7.01. The van der Waals surface area contributed by atoms with Crippen molar-refractivity contribution in [2.24, 2.45) is 13.0 Å². The second-order valence-corrected chi connectivity index (χ2v) is 8.64. The van der Waals surface area contributed by atoms with Crippen molar-refractivity contribution in [3.05, 3.63) is 53.2 Å². The third-order valence-electron chi connectivity index (χ3n) is 7.01. The summed E-state index contributed by atoms with van der Waals surface area (Å²) in [5.74, 6) is 1.84. The first kappa shape index (κ1) is 22.3. The molecule has 2 unspecified atom stereocenters. The maximum atomic E-state index is 13.7. The zero-order valence-electron chi connectivity index (χ0n) is 19.7. The van der Waals surface area contributed by atoms with Crippen LogP contribution in [0.2, 0.25) is 0 Å². The number of Topliss-reactive ketones (excluding diaryl/α,β-unsaturated/α-hetero) is 1. The van der Waals surface area contributed by atoms with E-state index in [1.807, 2.05) is 0 Å². The number of nitrogens with zero attached hydrogens (tertiary/aromatic N) is 1. The van der Waals surface area contributed by atoms with Crippen LogP contribution in [0.15, 0.2) is 36.4 Å². The lowest BCUT2D eigenvalue weighted by Crippen LogP contribution is -2.26. The predicted octanol–water partition coefficient (Wildman–Crippen LogP) is 5.92. The van der Waals surface area contributed by atoms with Gasteiger partial charge in [-0.05, 0) is 61.1 Å². The lowest BCUT2D eigenvalue weighted by atomic mass is 9.72. The van der Waals surface area contributed by atoms with E-state index in [2.05, 4.69) is 42.8 Å². The summed E-state index contributed by atoms with van der Waals surface area (Å²) in [6.45, 7) is 2.18. The number of fused-ring (bicyclic) bond motifs is 1. The van der Waals surface area contributed by atoms with Crippen molar-refractivity contribution in [1.82, 2.24) is 4.57 Å². The van der Waals surface area contributed by atoms with E-state index >= 15 is 0 Å². The first-order valence-corrected chi connectivity index (χ1v) is 11.4. The Bertz CT molecular complexity index is 1110. The van der Waals surface area contributed by atoms with E-state index in [9.17, 15) is 4.79 Å². The summed E-state index contributed by atoms with van der Waals surface area (Å²) in [5.41, 5.74) is 4.45. The average molecular weight is 436 g/mol. The van der Waals surface area contributed by atoms with Gasteiger partial charge in [-0.15, -0.1) is 0 Å². The first-order valence-electron chi connectivity index (χ1n) is 11.4. The first-order chi connectivity index (χ1) is 15.5. The summed E-state index contributed by atoms with van der Waals surface area (Å²) < 4.78 is 18.7. The van der Waals surface area contributed by atoms with E-state index in [0.29, 0.717) is 22.8 Å². The molecule has 2 atom stereocenters. The molecule has 0 amide bonds. The van der Waals surface area contributed by atoms with E-state index in [-0.39, 0.29) is 17.6 Å². The highest BCUT2D eigenvalue weighted by Crippen LogP contribution is 2.43. The molecule has 1 fully saturated rings. The molecule has 5 nitrogen and oxygen atoms in total. The molecule has 0 N–H and O–H groups in total. The number of methoxy groups -OCH3 is 3. The number of aryl methyl sites for hydroxylation is 2. The Balaban J connectivity index is 1.71. The Morgan fingerprint density at radius 1 is 0.969 bits per heavy atom. The molecule has 1 saturated carbocycles. The average Bonchev–Trinajstić information content (AvgIpc) is 3.17. The fraction of sp³-hybridized carbons (Fsp3) is 0.444. The predicted molar refractivity (Wildman–Crippen MR) is 127 cm³/mol. The van der Waals surface area contributed by atoms with E-state index in [4.69, 9.17) is 14.2 Å². The molecule has 170 valence electrons. The van der Waals surface area contributed by atoms with Crippen LogP contribution in [0.1, 0.15) is 60.1 Å². The molecular formula is C27H33NO4. The van der Waals surface area contributed by atoms with Crippen molar-refractivity contribution in [1.29, 1.82) is 0 Å². The van der Waals surface area contributed by atoms with Crippen molar-refractivity contribution in [3.63, 3.8) is 0 Å². The minimum absolute atomic E-state index is 0.0571. The molecule has 0 bridgehead atoms. The van der Waals surface area contributed by atoms with Crippen molar-refractivity contribution in [3.8, 4) is 17.2 Å². The minimum Gasteiger partial charge on any atom is -0.493 e. The molecule has 1 aliphatic rings. The number of hydrogen-bond acceptors (Lipinski definition) is 4. The molecular weight excluding hydrogens is 402 g/mol. The molecule has 5 heteroatoms. The highest BCUT2D eigenvalue weighted by Gasteiger charge is 2.33. The van der Waals surface area contributed by atoms with Gasteiger partial charge in [0.15, 0.2) is 17.3 Å². The number of carbonyl (C=O) groups excluding carboxylic acids is 1. The summed E-state index contributed by atoms with van der Waals surface area (Å²) in [6.07, 6.45) is 5.15.